The highest BCUT2D eigenvalue weighted by Crippen LogP contribution is 2.32. The van der Waals surface area contributed by atoms with E-state index in [1.807, 2.05) is 0 Å². The lowest BCUT2D eigenvalue weighted by molar-refractivity contribution is -0.119. The van der Waals surface area contributed by atoms with E-state index in [2.05, 4.69) is 5.32 Å². The highest BCUT2D eigenvalue weighted by molar-refractivity contribution is 7.89. The third-order valence-corrected chi connectivity index (χ3v) is 6.84. The topological polar surface area (TPSA) is 92.5 Å². The molecule has 1 aliphatic heterocycles. The van der Waals surface area contributed by atoms with Gasteiger partial charge in [0.05, 0.1) is 15.7 Å². The summed E-state index contributed by atoms with van der Waals surface area (Å²) in [5.74, 6) is -1.41. The van der Waals surface area contributed by atoms with Gasteiger partial charge in [0.2, 0.25) is 15.9 Å². The second-order valence-corrected chi connectivity index (χ2v) is 8.72. The van der Waals surface area contributed by atoms with Crippen LogP contribution in [0.4, 0.5) is 15.8 Å². The zero-order valence-corrected chi connectivity index (χ0v) is 16.3. The van der Waals surface area contributed by atoms with Gasteiger partial charge in [0.25, 0.3) is 0 Å². The van der Waals surface area contributed by atoms with Crippen molar-refractivity contribution in [1.29, 1.82) is 0 Å². The number of hydrogen-bond acceptors (Lipinski definition) is 4. The van der Waals surface area contributed by atoms with E-state index in [0.717, 1.165) is 10.4 Å². The van der Waals surface area contributed by atoms with Crippen molar-refractivity contribution in [3.63, 3.8) is 0 Å². The molecule has 144 valence electrons. The minimum Gasteiger partial charge on any atom is -0.396 e. The van der Waals surface area contributed by atoms with Crippen LogP contribution in [0.3, 0.4) is 0 Å². The van der Waals surface area contributed by atoms with Gasteiger partial charge in [-0.15, -0.1) is 0 Å². The van der Waals surface area contributed by atoms with Crippen LogP contribution in [-0.4, -0.2) is 31.2 Å². The first-order valence-corrected chi connectivity index (χ1v) is 10.2. The SMILES string of the molecule is Nc1c(Cl)cc(NC(=O)[C@H]2CCCN2S(=O)(=O)c2ccccc2F)cc1Cl. The normalized spacial score (nSPS) is 17.8. The van der Waals surface area contributed by atoms with Gasteiger partial charge in [0.1, 0.15) is 16.8 Å². The van der Waals surface area contributed by atoms with Gasteiger partial charge >= 0.3 is 0 Å². The monoisotopic (exact) mass is 431 g/mol. The van der Waals surface area contributed by atoms with Crippen molar-refractivity contribution in [3.05, 3.63) is 52.3 Å². The molecule has 2 aromatic carbocycles. The van der Waals surface area contributed by atoms with Gasteiger partial charge in [-0.2, -0.15) is 4.31 Å². The van der Waals surface area contributed by atoms with E-state index in [1.54, 1.807) is 0 Å². The standard InChI is InChI=1S/C17H16Cl2FN3O3S/c18-11-8-10(9-12(19)16(11)21)22-17(24)14-5-3-7-23(14)27(25,26)15-6-2-1-4-13(15)20/h1-2,4,6,8-9,14H,3,5,7,21H2,(H,22,24)/t14-/m1/s1. The molecule has 6 nitrogen and oxygen atoms in total. The summed E-state index contributed by atoms with van der Waals surface area (Å²) >= 11 is 11.9. The van der Waals surface area contributed by atoms with E-state index in [9.17, 15) is 17.6 Å². The summed E-state index contributed by atoms with van der Waals surface area (Å²) in [7, 11) is -4.15. The number of amides is 1. The van der Waals surface area contributed by atoms with Crippen LogP contribution in [0.2, 0.25) is 10.0 Å². The Balaban J connectivity index is 1.86. The van der Waals surface area contributed by atoms with Crippen LogP contribution < -0.4 is 11.1 Å². The molecule has 10 heteroatoms. The van der Waals surface area contributed by atoms with Crippen molar-refractivity contribution in [1.82, 2.24) is 4.31 Å². The van der Waals surface area contributed by atoms with Crippen molar-refractivity contribution in [2.75, 3.05) is 17.6 Å². The number of nitrogens with two attached hydrogens (primary N) is 1. The third kappa shape index (κ3) is 3.89. The number of nitrogens with zero attached hydrogens (tertiary/aromatic N) is 1. The highest BCUT2D eigenvalue weighted by atomic mass is 35.5. The van der Waals surface area contributed by atoms with Crippen LogP contribution in [0.25, 0.3) is 0 Å². The first-order chi connectivity index (χ1) is 12.7. The van der Waals surface area contributed by atoms with Gasteiger partial charge in [-0.3, -0.25) is 4.79 Å². The predicted molar refractivity (Wildman–Crippen MR) is 103 cm³/mol. The molecule has 27 heavy (non-hydrogen) atoms. The molecule has 0 saturated carbocycles. The number of carbonyl (C=O) groups is 1. The average molecular weight is 432 g/mol. The largest absolute Gasteiger partial charge is 0.396 e. The van der Waals surface area contributed by atoms with Gasteiger partial charge in [0.15, 0.2) is 0 Å². The van der Waals surface area contributed by atoms with Crippen molar-refractivity contribution in [2.45, 2.75) is 23.8 Å². The smallest absolute Gasteiger partial charge is 0.246 e. The van der Waals surface area contributed by atoms with Gasteiger partial charge < -0.3 is 11.1 Å². The van der Waals surface area contributed by atoms with Gasteiger partial charge in [-0.1, -0.05) is 35.3 Å². The van der Waals surface area contributed by atoms with E-state index < -0.39 is 32.7 Å². The molecule has 1 fully saturated rings. The second-order valence-electron chi connectivity index (χ2n) is 6.05. The van der Waals surface area contributed by atoms with Gasteiger partial charge in [-0.05, 0) is 37.1 Å². The number of nitrogen functional groups attached to an aromatic ring is 1. The zero-order chi connectivity index (χ0) is 19.8. The number of sulfonamides is 1. The second kappa shape index (κ2) is 7.63. The fourth-order valence-electron chi connectivity index (χ4n) is 2.95. The van der Waals surface area contributed by atoms with E-state index in [0.29, 0.717) is 18.5 Å². The molecule has 0 bridgehead atoms. The number of nitrogens with one attached hydrogen (secondary N) is 1. The molecule has 0 aliphatic carbocycles. The lowest BCUT2D eigenvalue weighted by Crippen LogP contribution is -2.43. The fraction of sp³-hybridized carbons (Fsp3) is 0.235. The molecule has 3 N–H and O–H groups in total. The van der Waals surface area contributed by atoms with E-state index >= 15 is 0 Å². The Morgan fingerprint density at radius 2 is 1.85 bits per heavy atom. The van der Waals surface area contributed by atoms with Crippen LogP contribution in [0.15, 0.2) is 41.3 Å². The first-order valence-electron chi connectivity index (χ1n) is 8.03. The van der Waals surface area contributed by atoms with Gasteiger partial charge in [-0.25, -0.2) is 12.8 Å². The van der Waals surface area contributed by atoms with Crippen LogP contribution in [0.1, 0.15) is 12.8 Å². The molecule has 1 amide bonds. The van der Waals surface area contributed by atoms with E-state index in [4.69, 9.17) is 28.9 Å². The summed E-state index contributed by atoms with van der Waals surface area (Å²) in [6, 6.07) is 6.95. The zero-order valence-electron chi connectivity index (χ0n) is 14.0. The summed E-state index contributed by atoms with van der Waals surface area (Å²) in [6.45, 7) is 0.123. The molecule has 1 heterocycles. The molecule has 1 saturated heterocycles. The van der Waals surface area contributed by atoms with Crippen LogP contribution in [-0.2, 0) is 14.8 Å². The van der Waals surface area contributed by atoms with E-state index in [-0.39, 0.29) is 22.3 Å². The highest BCUT2D eigenvalue weighted by Gasteiger charge is 2.40. The van der Waals surface area contributed by atoms with Gasteiger partial charge in [0, 0.05) is 12.2 Å². The van der Waals surface area contributed by atoms with Crippen molar-refractivity contribution < 1.29 is 17.6 Å². The summed E-state index contributed by atoms with van der Waals surface area (Å²) in [5.41, 5.74) is 6.13. The Kier molecular flexibility index (Phi) is 5.62. The molecule has 0 radical (unpaired) electrons. The summed E-state index contributed by atoms with van der Waals surface area (Å²) in [6.07, 6.45) is 0.797. The Labute approximate surface area is 166 Å². The first kappa shape index (κ1) is 19.9. The van der Waals surface area contributed by atoms with Crippen molar-refractivity contribution >= 4 is 50.5 Å². The summed E-state index contributed by atoms with van der Waals surface area (Å²) in [5, 5.41) is 2.93. The Morgan fingerprint density at radius 3 is 2.48 bits per heavy atom. The number of rotatable bonds is 4. The third-order valence-electron chi connectivity index (χ3n) is 4.28. The number of hydrogen-bond donors (Lipinski definition) is 2. The molecular weight excluding hydrogens is 416 g/mol. The maximum Gasteiger partial charge on any atom is 0.246 e. The minimum atomic E-state index is -4.15. The maximum atomic E-state index is 14.0. The number of anilines is 2. The average Bonchev–Trinajstić information content (AvgIpc) is 3.10. The molecular formula is C17H16Cl2FN3O3S. The lowest BCUT2D eigenvalue weighted by Gasteiger charge is -2.23. The Bertz CT molecular complexity index is 978. The van der Waals surface area contributed by atoms with Crippen LogP contribution >= 0.6 is 23.2 Å². The maximum absolute atomic E-state index is 14.0. The van der Waals surface area contributed by atoms with Crippen molar-refractivity contribution in [2.24, 2.45) is 0 Å². The minimum absolute atomic E-state index is 0.123. The number of carbonyl (C=O) groups excluding carboxylic acids is 1. The van der Waals surface area contributed by atoms with Crippen molar-refractivity contribution in [3.8, 4) is 0 Å². The summed E-state index contributed by atoms with van der Waals surface area (Å²) in [4.78, 5) is 12.2. The molecule has 1 aliphatic rings. The quantitative estimate of drug-likeness (QED) is 0.724. The lowest BCUT2D eigenvalue weighted by atomic mass is 10.2. The predicted octanol–water partition coefficient (Wildman–Crippen LogP) is 3.51. The number of benzene rings is 2. The summed E-state index contributed by atoms with van der Waals surface area (Å²) < 4.78 is 40.7. The van der Waals surface area contributed by atoms with E-state index in [1.165, 1.54) is 30.3 Å². The molecule has 0 spiro atoms. The Morgan fingerprint density at radius 1 is 1.22 bits per heavy atom. The molecule has 3 rings (SSSR count). The fourth-order valence-corrected chi connectivity index (χ4v) is 5.16. The van der Waals surface area contributed by atoms with Crippen LogP contribution in [0.5, 0.6) is 0 Å². The Hall–Kier alpha value is -1.87. The molecule has 0 aromatic heterocycles. The number of halogens is 3. The molecule has 0 unspecified atom stereocenters. The molecule has 2 aromatic rings. The molecule has 1 atom stereocenters. The van der Waals surface area contributed by atoms with Crippen LogP contribution in [0, 0.1) is 5.82 Å².